The first-order chi connectivity index (χ1) is 12.5. The Bertz CT molecular complexity index is 802. The van der Waals surface area contributed by atoms with Crippen LogP contribution in [0.15, 0.2) is 40.9 Å². The number of amides is 2. The van der Waals surface area contributed by atoms with Gasteiger partial charge in [-0.25, -0.2) is 0 Å². The lowest BCUT2D eigenvalue weighted by atomic mass is 10.1. The van der Waals surface area contributed by atoms with Crippen LogP contribution >= 0.6 is 0 Å². The number of nitrogens with one attached hydrogen (secondary N) is 1. The molecule has 1 aromatic carbocycles. The second kappa shape index (κ2) is 7.81. The summed E-state index contributed by atoms with van der Waals surface area (Å²) in [5.74, 6) is -0.918. The Morgan fingerprint density at radius 1 is 1.35 bits per heavy atom. The van der Waals surface area contributed by atoms with Gasteiger partial charge in [-0.1, -0.05) is 35.5 Å². The fourth-order valence-electron chi connectivity index (χ4n) is 2.75. The highest BCUT2D eigenvalue weighted by molar-refractivity contribution is 5.93. The van der Waals surface area contributed by atoms with Crippen molar-refractivity contribution < 1.29 is 23.6 Å². The molecule has 3 rings (SSSR count). The molecule has 1 atom stereocenters. The molecule has 0 saturated carbocycles. The number of anilines is 1. The number of carbonyl (C=O) groups is 3. The highest BCUT2D eigenvalue weighted by Crippen LogP contribution is 2.21. The van der Waals surface area contributed by atoms with Crippen LogP contribution in [0.25, 0.3) is 0 Å². The molecule has 2 aromatic rings. The lowest BCUT2D eigenvalue weighted by molar-refractivity contribution is -0.151. The molecule has 1 N–H and O–H groups in total. The highest BCUT2D eigenvalue weighted by atomic mass is 16.5. The smallest absolute Gasteiger partial charge is 0.311 e. The van der Waals surface area contributed by atoms with Crippen molar-refractivity contribution >= 4 is 23.6 Å². The van der Waals surface area contributed by atoms with Crippen molar-refractivity contribution in [2.75, 3.05) is 18.5 Å². The molecule has 0 bridgehead atoms. The predicted octanol–water partition coefficient (Wildman–Crippen LogP) is 1.51. The summed E-state index contributed by atoms with van der Waals surface area (Å²) in [6.07, 6.45) is 0.0930. The second-order valence-corrected chi connectivity index (χ2v) is 6.14. The van der Waals surface area contributed by atoms with E-state index in [-0.39, 0.29) is 24.7 Å². The molecule has 1 aromatic heterocycles. The third kappa shape index (κ3) is 4.47. The lowest BCUT2D eigenvalue weighted by Gasteiger charge is -2.16. The molecule has 8 nitrogen and oxygen atoms in total. The number of aromatic nitrogens is 1. The first-order valence-electron chi connectivity index (χ1n) is 8.23. The molecular weight excluding hydrogens is 338 g/mol. The summed E-state index contributed by atoms with van der Waals surface area (Å²) in [4.78, 5) is 37.6. The second-order valence-electron chi connectivity index (χ2n) is 6.14. The van der Waals surface area contributed by atoms with Crippen molar-refractivity contribution in [3.63, 3.8) is 0 Å². The first-order valence-corrected chi connectivity index (χ1v) is 8.23. The summed E-state index contributed by atoms with van der Waals surface area (Å²) in [5.41, 5.74) is 0.997. The van der Waals surface area contributed by atoms with Crippen molar-refractivity contribution in [3.8, 4) is 0 Å². The summed E-state index contributed by atoms with van der Waals surface area (Å²) >= 11 is 0. The minimum atomic E-state index is -0.562. The summed E-state index contributed by atoms with van der Waals surface area (Å²) in [6.45, 7) is 2.00. The molecular formula is C18H19N3O5. The maximum absolute atomic E-state index is 12.1. The molecule has 2 amide bonds. The maximum atomic E-state index is 12.1. The topological polar surface area (TPSA) is 102 Å². The van der Waals surface area contributed by atoms with Crippen molar-refractivity contribution in [2.45, 2.75) is 19.9 Å². The molecule has 1 saturated heterocycles. The number of carbonyl (C=O) groups excluding carboxylic acids is 3. The molecule has 0 radical (unpaired) electrons. The van der Waals surface area contributed by atoms with Crippen LogP contribution < -0.4 is 5.32 Å². The number of hydrogen-bond donors (Lipinski definition) is 1. The SMILES string of the molecule is Cc1cc(NC(=O)COC(=O)[C@H]2CC(=O)N(Cc3ccccc3)C2)no1. The zero-order chi connectivity index (χ0) is 18.5. The molecule has 1 fully saturated rings. The number of aryl methyl sites for hydroxylation is 1. The van der Waals surface area contributed by atoms with E-state index in [0.717, 1.165) is 5.56 Å². The molecule has 136 valence electrons. The van der Waals surface area contributed by atoms with Gasteiger partial charge in [0, 0.05) is 25.6 Å². The van der Waals surface area contributed by atoms with Crippen LogP contribution in [-0.2, 0) is 25.7 Å². The summed E-state index contributed by atoms with van der Waals surface area (Å²) < 4.78 is 9.85. The van der Waals surface area contributed by atoms with Gasteiger partial charge in [-0.2, -0.15) is 0 Å². The van der Waals surface area contributed by atoms with E-state index in [0.29, 0.717) is 12.3 Å². The van der Waals surface area contributed by atoms with E-state index in [1.807, 2.05) is 30.3 Å². The van der Waals surface area contributed by atoms with Gasteiger partial charge in [0.25, 0.3) is 5.91 Å². The normalized spacial score (nSPS) is 16.6. The maximum Gasteiger partial charge on any atom is 0.311 e. The third-order valence-electron chi connectivity index (χ3n) is 4.01. The number of benzene rings is 1. The molecule has 2 heterocycles. The number of hydrogen-bond acceptors (Lipinski definition) is 6. The van der Waals surface area contributed by atoms with E-state index in [2.05, 4.69) is 10.5 Å². The van der Waals surface area contributed by atoms with Crippen LogP contribution in [0, 0.1) is 12.8 Å². The predicted molar refractivity (Wildman–Crippen MR) is 90.8 cm³/mol. The van der Waals surface area contributed by atoms with Crippen molar-refractivity contribution in [1.82, 2.24) is 10.1 Å². The summed E-state index contributed by atoms with van der Waals surface area (Å²) in [5, 5.41) is 6.08. The van der Waals surface area contributed by atoms with Crippen molar-refractivity contribution in [1.29, 1.82) is 0 Å². The van der Waals surface area contributed by atoms with Crippen LogP contribution in [-0.4, -0.2) is 41.0 Å². The Morgan fingerprint density at radius 2 is 2.12 bits per heavy atom. The van der Waals surface area contributed by atoms with Crippen LogP contribution in [0.3, 0.4) is 0 Å². The zero-order valence-electron chi connectivity index (χ0n) is 14.3. The zero-order valence-corrected chi connectivity index (χ0v) is 14.3. The van der Waals surface area contributed by atoms with Gasteiger partial charge in [-0.05, 0) is 12.5 Å². The lowest BCUT2D eigenvalue weighted by Crippen LogP contribution is -2.28. The van der Waals surface area contributed by atoms with Gasteiger partial charge in [0.2, 0.25) is 5.91 Å². The van der Waals surface area contributed by atoms with E-state index < -0.39 is 24.4 Å². The number of nitrogens with zero attached hydrogens (tertiary/aromatic N) is 2. The Labute approximate surface area is 150 Å². The Morgan fingerprint density at radius 3 is 2.81 bits per heavy atom. The molecule has 1 aliphatic heterocycles. The number of ether oxygens (including phenoxy) is 1. The van der Waals surface area contributed by atoms with Gasteiger partial charge in [0.15, 0.2) is 12.4 Å². The van der Waals surface area contributed by atoms with Crippen molar-refractivity contribution in [2.24, 2.45) is 5.92 Å². The molecule has 1 aliphatic rings. The van der Waals surface area contributed by atoms with Crippen molar-refractivity contribution in [3.05, 3.63) is 47.7 Å². The number of likely N-dealkylation sites (tertiary alicyclic amines) is 1. The Balaban J connectivity index is 1.46. The van der Waals surface area contributed by atoms with Crippen LogP contribution in [0.5, 0.6) is 0 Å². The van der Waals surface area contributed by atoms with E-state index in [1.165, 1.54) is 0 Å². The average Bonchev–Trinajstić information content (AvgIpc) is 3.19. The molecule has 8 heteroatoms. The molecule has 0 spiro atoms. The number of esters is 1. The largest absolute Gasteiger partial charge is 0.455 e. The Hall–Kier alpha value is -3.16. The first kappa shape index (κ1) is 17.7. The van der Waals surface area contributed by atoms with Gasteiger partial charge in [0.1, 0.15) is 5.76 Å². The van der Waals surface area contributed by atoms with Crippen LogP contribution in [0.4, 0.5) is 5.82 Å². The highest BCUT2D eigenvalue weighted by Gasteiger charge is 2.35. The average molecular weight is 357 g/mol. The Kier molecular flexibility index (Phi) is 5.31. The third-order valence-corrected chi connectivity index (χ3v) is 4.01. The van der Waals surface area contributed by atoms with E-state index in [9.17, 15) is 14.4 Å². The number of rotatable bonds is 6. The molecule has 0 unspecified atom stereocenters. The summed E-state index contributed by atoms with van der Waals surface area (Å²) in [6, 6.07) is 11.1. The molecule has 26 heavy (non-hydrogen) atoms. The fourth-order valence-corrected chi connectivity index (χ4v) is 2.75. The van der Waals surface area contributed by atoms with E-state index in [1.54, 1.807) is 17.9 Å². The summed E-state index contributed by atoms with van der Waals surface area (Å²) in [7, 11) is 0. The monoisotopic (exact) mass is 357 g/mol. The quantitative estimate of drug-likeness (QED) is 0.787. The van der Waals surface area contributed by atoms with Crippen LogP contribution in [0.1, 0.15) is 17.7 Å². The molecule has 0 aliphatic carbocycles. The van der Waals surface area contributed by atoms with Crippen LogP contribution in [0.2, 0.25) is 0 Å². The minimum absolute atomic E-state index is 0.0930. The van der Waals surface area contributed by atoms with E-state index in [4.69, 9.17) is 9.26 Å². The van der Waals surface area contributed by atoms with Gasteiger partial charge < -0.3 is 19.5 Å². The van der Waals surface area contributed by atoms with E-state index >= 15 is 0 Å². The van der Waals surface area contributed by atoms with Gasteiger partial charge in [-0.15, -0.1) is 0 Å². The van der Waals surface area contributed by atoms with Gasteiger partial charge in [-0.3, -0.25) is 14.4 Å². The minimum Gasteiger partial charge on any atom is -0.455 e. The fraction of sp³-hybridized carbons (Fsp3) is 0.333. The standard InChI is InChI=1S/C18H19N3O5/c1-12-7-15(20-26-12)19-16(22)11-25-18(24)14-8-17(23)21(10-14)9-13-5-3-2-4-6-13/h2-7,14H,8-11H2,1H3,(H,19,20,22)/t14-/m0/s1. The van der Waals surface area contributed by atoms with Gasteiger partial charge >= 0.3 is 5.97 Å². The van der Waals surface area contributed by atoms with Gasteiger partial charge in [0.05, 0.1) is 5.92 Å².